The SMILES string of the molecule is CC[C@H](C)[C@@H](C(=O)N[C@H](C(=O)N[C@@H](CC(C)C)C(=O)[C@@]1(C)CO1)[C@@H](C)O)N1C[C@H](C)[C@H](NC)C1=O. The Hall–Kier alpha value is -2.04. The Balaban J connectivity index is 2.21. The molecule has 0 aliphatic carbocycles. The van der Waals surface area contributed by atoms with E-state index in [1.807, 2.05) is 34.6 Å². The van der Waals surface area contributed by atoms with Gasteiger partial charge in [-0.3, -0.25) is 19.2 Å². The molecule has 10 heteroatoms. The molecule has 0 saturated carbocycles. The number of carbonyl (C=O) groups excluding carboxylic acids is 4. The Morgan fingerprint density at radius 3 is 2.20 bits per heavy atom. The van der Waals surface area contributed by atoms with Gasteiger partial charge in [0, 0.05) is 6.54 Å². The van der Waals surface area contributed by atoms with Gasteiger partial charge in [0.05, 0.1) is 24.8 Å². The van der Waals surface area contributed by atoms with Crippen LogP contribution < -0.4 is 16.0 Å². The number of hydrogen-bond donors (Lipinski definition) is 4. The number of nitrogens with one attached hydrogen (secondary N) is 3. The first kappa shape index (κ1) is 29.2. The number of carbonyl (C=O) groups is 4. The van der Waals surface area contributed by atoms with Crippen LogP contribution in [0.15, 0.2) is 0 Å². The van der Waals surface area contributed by atoms with Gasteiger partial charge in [-0.1, -0.05) is 41.0 Å². The molecule has 0 aromatic heterocycles. The molecule has 2 aliphatic rings. The minimum absolute atomic E-state index is 0.0246. The van der Waals surface area contributed by atoms with Crippen LogP contribution in [0.3, 0.4) is 0 Å². The number of nitrogens with zero attached hydrogens (tertiary/aromatic N) is 1. The number of likely N-dealkylation sites (N-methyl/N-ethyl adjacent to an activating group) is 1. The van der Waals surface area contributed by atoms with Crippen LogP contribution in [-0.2, 0) is 23.9 Å². The summed E-state index contributed by atoms with van der Waals surface area (Å²) >= 11 is 0. The zero-order valence-corrected chi connectivity index (χ0v) is 22.4. The summed E-state index contributed by atoms with van der Waals surface area (Å²) in [5.74, 6) is -1.53. The van der Waals surface area contributed by atoms with Crippen molar-refractivity contribution in [1.82, 2.24) is 20.9 Å². The van der Waals surface area contributed by atoms with Crippen molar-refractivity contribution in [2.24, 2.45) is 17.8 Å². The van der Waals surface area contributed by atoms with Crippen molar-refractivity contribution in [1.29, 1.82) is 0 Å². The van der Waals surface area contributed by atoms with Gasteiger partial charge in [0.15, 0.2) is 5.78 Å². The molecule has 200 valence electrons. The van der Waals surface area contributed by atoms with Crippen LogP contribution in [0, 0.1) is 17.8 Å². The number of amides is 3. The van der Waals surface area contributed by atoms with E-state index in [2.05, 4.69) is 16.0 Å². The summed E-state index contributed by atoms with van der Waals surface area (Å²) in [6, 6.07) is -3.23. The molecule has 0 aromatic rings. The Bertz CT molecular complexity index is 797. The van der Waals surface area contributed by atoms with E-state index >= 15 is 0 Å². The van der Waals surface area contributed by atoms with Crippen molar-refractivity contribution in [3.8, 4) is 0 Å². The van der Waals surface area contributed by atoms with Crippen molar-refractivity contribution < 1.29 is 29.0 Å². The van der Waals surface area contributed by atoms with E-state index in [1.165, 1.54) is 6.92 Å². The third-order valence-corrected chi connectivity index (χ3v) is 7.20. The fraction of sp³-hybridized carbons (Fsp3) is 0.840. The summed E-state index contributed by atoms with van der Waals surface area (Å²) in [6.45, 7) is 13.5. The highest BCUT2D eigenvalue weighted by atomic mass is 16.6. The highest BCUT2D eigenvalue weighted by Crippen LogP contribution is 2.30. The van der Waals surface area contributed by atoms with Gasteiger partial charge in [-0.2, -0.15) is 0 Å². The van der Waals surface area contributed by atoms with Crippen LogP contribution in [0.4, 0.5) is 0 Å². The van der Waals surface area contributed by atoms with E-state index < -0.39 is 41.6 Å². The average molecular weight is 497 g/mol. The van der Waals surface area contributed by atoms with Gasteiger partial charge in [0.2, 0.25) is 17.7 Å². The van der Waals surface area contributed by atoms with Crippen LogP contribution in [-0.4, -0.2) is 89.6 Å². The Labute approximate surface area is 208 Å². The standard InChI is InChI=1S/C25H44N4O6/c1-9-14(4)20(29-11-15(5)18(26-8)24(29)34)23(33)28-19(16(6)30)22(32)27-17(10-13(2)3)21(31)25(7)12-35-25/h13-20,26,30H,9-12H2,1-8H3,(H,27,32)(H,28,33)/t14-,15-,16+,17-,18-,19-,20-,25+/m0/s1. The van der Waals surface area contributed by atoms with Gasteiger partial charge in [0.1, 0.15) is 17.7 Å². The summed E-state index contributed by atoms with van der Waals surface area (Å²) in [4.78, 5) is 54.1. The lowest BCUT2D eigenvalue weighted by atomic mass is 9.93. The van der Waals surface area contributed by atoms with E-state index in [0.29, 0.717) is 26.0 Å². The maximum atomic E-state index is 13.5. The molecule has 0 unspecified atom stereocenters. The molecule has 4 N–H and O–H groups in total. The number of aliphatic hydroxyl groups is 1. The smallest absolute Gasteiger partial charge is 0.245 e. The summed E-state index contributed by atoms with van der Waals surface area (Å²) in [6.07, 6.45) is -0.155. The third kappa shape index (κ3) is 6.80. The van der Waals surface area contributed by atoms with Crippen LogP contribution in [0.25, 0.3) is 0 Å². The Morgan fingerprint density at radius 1 is 1.17 bits per heavy atom. The number of Topliss-reactive ketones (excluding diaryl/α,β-unsaturated/α-hetero) is 1. The highest BCUT2D eigenvalue weighted by molar-refractivity contribution is 5.98. The normalized spacial score (nSPS) is 28.3. The summed E-state index contributed by atoms with van der Waals surface area (Å²) in [5.41, 5.74) is -0.908. The van der Waals surface area contributed by atoms with Gasteiger partial charge in [-0.15, -0.1) is 0 Å². The predicted octanol–water partition coefficient (Wildman–Crippen LogP) is 0.222. The zero-order valence-electron chi connectivity index (χ0n) is 22.4. The van der Waals surface area contributed by atoms with Gasteiger partial charge >= 0.3 is 0 Å². The monoisotopic (exact) mass is 496 g/mol. The summed E-state index contributed by atoms with van der Waals surface area (Å²) in [7, 11) is 1.72. The lowest BCUT2D eigenvalue weighted by Crippen LogP contribution is -2.61. The first-order chi connectivity index (χ1) is 16.3. The lowest BCUT2D eigenvalue weighted by Gasteiger charge is -2.33. The second-order valence-electron chi connectivity index (χ2n) is 10.9. The fourth-order valence-corrected chi connectivity index (χ4v) is 4.74. The molecule has 2 rings (SSSR count). The van der Waals surface area contributed by atoms with E-state index in [1.54, 1.807) is 18.9 Å². The highest BCUT2D eigenvalue weighted by Gasteiger charge is 2.50. The van der Waals surface area contributed by atoms with Crippen molar-refractivity contribution in [3.05, 3.63) is 0 Å². The number of ketones is 1. The number of rotatable bonds is 13. The second-order valence-corrected chi connectivity index (χ2v) is 10.9. The predicted molar refractivity (Wildman–Crippen MR) is 131 cm³/mol. The molecular weight excluding hydrogens is 452 g/mol. The maximum Gasteiger partial charge on any atom is 0.245 e. The summed E-state index contributed by atoms with van der Waals surface area (Å²) in [5, 5.41) is 18.8. The van der Waals surface area contributed by atoms with E-state index in [0.717, 1.165) is 0 Å². The third-order valence-electron chi connectivity index (χ3n) is 7.20. The molecule has 0 aromatic carbocycles. The molecule has 0 radical (unpaired) electrons. The lowest BCUT2D eigenvalue weighted by molar-refractivity contribution is -0.142. The van der Waals surface area contributed by atoms with Crippen molar-refractivity contribution in [3.63, 3.8) is 0 Å². The van der Waals surface area contributed by atoms with Gasteiger partial charge < -0.3 is 30.7 Å². The molecule has 2 fully saturated rings. The number of likely N-dealkylation sites (tertiary alicyclic amines) is 1. The Morgan fingerprint density at radius 2 is 1.77 bits per heavy atom. The first-order valence-corrected chi connectivity index (χ1v) is 12.7. The number of epoxide rings is 1. The topological polar surface area (TPSA) is 140 Å². The zero-order chi connectivity index (χ0) is 26.7. The first-order valence-electron chi connectivity index (χ1n) is 12.7. The molecule has 2 heterocycles. The van der Waals surface area contributed by atoms with Gasteiger partial charge in [-0.25, -0.2) is 0 Å². The molecule has 8 atom stereocenters. The molecule has 0 spiro atoms. The van der Waals surface area contributed by atoms with E-state index in [4.69, 9.17) is 4.74 Å². The second kappa shape index (κ2) is 11.8. The number of hydrogen-bond acceptors (Lipinski definition) is 7. The molecule has 2 aliphatic heterocycles. The van der Waals surface area contributed by atoms with Crippen LogP contribution >= 0.6 is 0 Å². The molecule has 2 saturated heterocycles. The summed E-state index contributed by atoms with van der Waals surface area (Å²) < 4.78 is 5.28. The maximum absolute atomic E-state index is 13.5. The fourth-order valence-electron chi connectivity index (χ4n) is 4.74. The van der Waals surface area contributed by atoms with Crippen molar-refractivity contribution in [2.45, 2.75) is 97.2 Å². The van der Waals surface area contributed by atoms with Crippen LogP contribution in [0.1, 0.15) is 61.3 Å². The number of ether oxygens (including phenoxy) is 1. The largest absolute Gasteiger partial charge is 0.391 e. The average Bonchev–Trinajstić information content (AvgIpc) is 3.47. The van der Waals surface area contributed by atoms with E-state index in [-0.39, 0.29) is 35.5 Å². The van der Waals surface area contributed by atoms with E-state index in [9.17, 15) is 24.3 Å². The van der Waals surface area contributed by atoms with Crippen molar-refractivity contribution >= 4 is 23.5 Å². The minimum Gasteiger partial charge on any atom is -0.391 e. The van der Waals surface area contributed by atoms with Crippen molar-refractivity contribution in [2.75, 3.05) is 20.2 Å². The molecular formula is C25H44N4O6. The van der Waals surface area contributed by atoms with Gasteiger partial charge in [0.25, 0.3) is 0 Å². The van der Waals surface area contributed by atoms with Crippen LogP contribution in [0.2, 0.25) is 0 Å². The molecule has 3 amide bonds. The minimum atomic E-state index is -1.28. The molecule has 10 nitrogen and oxygen atoms in total. The van der Waals surface area contributed by atoms with Gasteiger partial charge in [-0.05, 0) is 45.1 Å². The Kier molecular flexibility index (Phi) is 9.84. The number of aliphatic hydroxyl groups excluding tert-OH is 1. The molecule has 35 heavy (non-hydrogen) atoms. The quantitative estimate of drug-likeness (QED) is 0.267. The molecule has 0 bridgehead atoms. The van der Waals surface area contributed by atoms with Crippen LogP contribution in [0.5, 0.6) is 0 Å².